The summed E-state index contributed by atoms with van der Waals surface area (Å²) in [7, 11) is 0. The number of hydrogen-bond donors (Lipinski definition) is 2. The highest BCUT2D eigenvalue weighted by Gasteiger charge is 2.16. The van der Waals surface area contributed by atoms with Gasteiger partial charge in [-0.1, -0.05) is 25.1 Å². The van der Waals surface area contributed by atoms with Crippen LogP contribution in [-0.2, 0) is 14.3 Å². The highest BCUT2D eigenvalue weighted by molar-refractivity contribution is 8.13. The van der Waals surface area contributed by atoms with Crippen LogP contribution in [0.4, 0.5) is 4.79 Å². The van der Waals surface area contributed by atoms with E-state index in [0.717, 1.165) is 30.4 Å². The maximum absolute atomic E-state index is 11.6. The second-order valence-electron chi connectivity index (χ2n) is 3.88. The Bertz CT molecular complexity index is 310. The van der Waals surface area contributed by atoms with Crippen LogP contribution in [0.3, 0.4) is 0 Å². The molecule has 2 N–H and O–H groups in total. The highest BCUT2D eigenvalue weighted by atomic mass is 32.2. The lowest BCUT2D eigenvalue weighted by atomic mass is 10.3. The number of unbranched alkanes of at least 4 members (excludes halogenated alkanes) is 1. The maximum atomic E-state index is 11.6. The first-order valence-corrected chi connectivity index (χ1v) is 7.36. The highest BCUT2D eigenvalue weighted by Crippen LogP contribution is 2.05. The molecule has 0 aromatic heterocycles. The molecule has 0 radical (unpaired) electrons. The summed E-state index contributed by atoms with van der Waals surface area (Å²) in [6, 6.07) is -0.670. The zero-order valence-electron chi connectivity index (χ0n) is 11.7. The molecule has 0 aliphatic carbocycles. The van der Waals surface area contributed by atoms with Gasteiger partial charge in [0, 0.05) is 5.75 Å². The summed E-state index contributed by atoms with van der Waals surface area (Å²) in [6.07, 6.45) is 1.98. The first kappa shape index (κ1) is 17.8. The van der Waals surface area contributed by atoms with Crippen molar-refractivity contribution in [2.24, 2.45) is 0 Å². The van der Waals surface area contributed by atoms with Crippen molar-refractivity contribution in [3.05, 3.63) is 0 Å². The van der Waals surface area contributed by atoms with Crippen LogP contribution in [-0.4, -0.2) is 42.1 Å². The second kappa shape index (κ2) is 10.7. The lowest BCUT2D eigenvalue weighted by molar-refractivity contribution is -0.143. The number of nitrogens with one attached hydrogen (secondary N) is 2. The Morgan fingerprint density at radius 1 is 1.26 bits per heavy atom. The van der Waals surface area contributed by atoms with Gasteiger partial charge in [-0.25, -0.2) is 0 Å². The Morgan fingerprint density at radius 3 is 2.53 bits per heavy atom. The van der Waals surface area contributed by atoms with E-state index in [0.29, 0.717) is 0 Å². The smallest absolute Gasteiger partial charge is 0.325 e. The Balaban J connectivity index is 3.86. The SMILES string of the molecule is CCCCSC(=O)NC(C)C(=O)NCC(=O)OCC. The van der Waals surface area contributed by atoms with E-state index in [4.69, 9.17) is 0 Å². The van der Waals surface area contributed by atoms with E-state index in [2.05, 4.69) is 15.4 Å². The van der Waals surface area contributed by atoms with Crippen LogP contribution >= 0.6 is 11.8 Å². The lowest BCUT2D eigenvalue weighted by Gasteiger charge is -2.13. The molecule has 0 fully saturated rings. The molecule has 1 unspecified atom stereocenters. The summed E-state index contributed by atoms with van der Waals surface area (Å²) in [5.41, 5.74) is 0. The molecule has 0 aliphatic heterocycles. The number of amides is 2. The van der Waals surface area contributed by atoms with Crippen molar-refractivity contribution in [1.29, 1.82) is 0 Å². The van der Waals surface area contributed by atoms with Crippen LogP contribution in [0.15, 0.2) is 0 Å². The van der Waals surface area contributed by atoms with Crippen molar-refractivity contribution in [2.75, 3.05) is 18.9 Å². The van der Waals surface area contributed by atoms with Gasteiger partial charge in [-0.2, -0.15) is 0 Å². The fourth-order valence-corrected chi connectivity index (χ4v) is 2.00. The topological polar surface area (TPSA) is 84.5 Å². The molecule has 0 heterocycles. The summed E-state index contributed by atoms with van der Waals surface area (Å²) in [4.78, 5) is 34.1. The van der Waals surface area contributed by atoms with Gasteiger partial charge in [0.1, 0.15) is 12.6 Å². The minimum Gasteiger partial charge on any atom is -0.465 e. The number of carbonyl (C=O) groups is 3. The largest absolute Gasteiger partial charge is 0.465 e. The monoisotopic (exact) mass is 290 g/mol. The van der Waals surface area contributed by atoms with Gasteiger partial charge in [0.25, 0.3) is 5.24 Å². The van der Waals surface area contributed by atoms with Gasteiger partial charge in [-0.05, 0) is 20.3 Å². The summed E-state index contributed by atoms with van der Waals surface area (Å²) < 4.78 is 4.67. The Kier molecular flexibility index (Phi) is 9.97. The third kappa shape index (κ3) is 9.35. The van der Waals surface area contributed by atoms with Crippen molar-refractivity contribution in [2.45, 2.75) is 39.7 Å². The van der Waals surface area contributed by atoms with Gasteiger partial charge >= 0.3 is 5.97 Å². The summed E-state index contributed by atoms with van der Waals surface area (Å²) >= 11 is 1.16. The molecular formula is C12H22N2O4S. The van der Waals surface area contributed by atoms with E-state index < -0.39 is 17.9 Å². The molecule has 0 bridgehead atoms. The van der Waals surface area contributed by atoms with Gasteiger partial charge in [0.15, 0.2) is 0 Å². The Hall–Kier alpha value is -1.24. The minimum atomic E-state index is -0.670. The van der Waals surface area contributed by atoms with Crippen molar-refractivity contribution in [3.8, 4) is 0 Å². The van der Waals surface area contributed by atoms with E-state index in [1.165, 1.54) is 0 Å². The number of esters is 1. The van der Waals surface area contributed by atoms with Gasteiger partial charge in [0.2, 0.25) is 5.91 Å². The van der Waals surface area contributed by atoms with Crippen LogP contribution in [0.1, 0.15) is 33.6 Å². The van der Waals surface area contributed by atoms with E-state index in [1.807, 2.05) is 6.92 Å². The summed E-state index contributed by atoms with van der Waals surface area (Å²) in [5, 5.41) is 4.73. The van der Waals surface area contributed by atoms with Gasteiger partial charge in [-0.3, -0.25) is 14.4 Å². The average molecular weight is 290 g/mol. The molecule has 0 saturated heterocycles. The van der Waals surface area contributed by atoms with Crippen molar-refractivity contribution >= 4 is 28.9 Å². The number of thioether (sulfide) groups is 1. The number of rotatable bonds is 8. The van der Waals surface area contributed by atoms with Gasteiger partial charge in [0.05, 0.1) is 6.61 Å². The standard InChI is InChI=1S/C12H22N2O4S/c1-4-6-7-19-12(17)14-9(3)11(16)13-8-10(15)18-5-2/h9H,4-8H2,1-3H3,(H,13,16)(H,14,17). The van der Waals surface area contributed by atoms with Crippen LogP contribution in [0.25, 0.3) is 0 Å². The number of carbonyl (C=O) groups excluding carboxylic acids is 3. The predicted octanol–water partition coefficient (Wildman–Crippen LogP) is 1.30. The van der Waals surface area contributed by atoms with Gasteiger partial charge in [-0.15, -0.1) is 0 Å². The quantitative estimate of drug-likeness (QED) is 0.520. The fraction of sp³-hybridized carbons (Fsp3) is 0.750. The predicted molar refractivity (Wildman–Crippen MR) is 75.0 cm³/mol. The fourth-order valence-electron chi connectivity index (χ4n) is 1.12. The van der Waals surface area contributed by atoms with E-state index in [1.54, 1.807) is 13.8 Å². The molecule has 0 saturated carbocycles. The van der Waals surface area contributed by atoms with Crippen molar-refractivity contribution in [3.63, 3.8) is 0 Å². The summed E-state index contributed by atoms with van der Waals surface area (Å²) in [5.74, 6) is -0.163. The van der Waals surface area contributed by atoms with Crippen LogP contribution < -0.4 is 10.6 Å². The molecule has 6 nitrogen and oxygen atoms in total. The Morgan fingerprint density at radius 2 is 1.95 bits per heavy atom. The number of hydrogen-bond acceptors (Lipinski definition) is 5. The molecule has 19 heavy (non-hydrogen) atoms. The van der Waals surface area contributed by atoms with Crippen LogP contribution in [0.5, 0.6) is 0 Å². The average Bonchev–Trinajstić information content (AvgIpc) is 2.36. The molecule has 0 aliphatic rings. The first-order chi connectivity index (χ1) is 9.01. The second-order valence-corrected chi connectivity index (χ2v) is 4.95. The van der Waals surface area contributed by atoms with E-state index >= 15 is 0 Å². The zero-order valence-corrected chi connectivity index (χ0v) is 12.5. The van der Waals surface area contributed by atoms with Crippen LogP contribution in [0, 0.1) is 0 Å². The van der Waals surface area contributed by atoms with Crippen LogP contribution in [0.2, 0.25) is 0 Å². The minimum absolute atomic E-state index is 0.185. The van der Waals surface area contributed by atoms with Crippen molar-refractivity contribution < 1.29 is 19.1 Å². The third-order valence-electron chi connectivity index (χ3n) is 2.17. The molecule has 0 spiro atoms. The zero-order chi connectivity index (χ0) is 14.7. The van der Waals surface area contributed by atoms with Gasteiger partial charge < -0.3 is 15.4 Å². The molecule has 1 atom stereocenters. The first-order valence-electron chi connectivity index (χ1n) is 6.37. The molecule has 2 amide bonds. The lowest BCUT2D eigenvalue weighted by Crippen LogP contribution is -2.45. The van der Waals surface area contributed by atoms with Crippen molar-refractivity contribution in [1.82, 2.24) is 10.6 Å². The van der Waals surface area contributed by atoms with E-state index in [9.17, 15) is 14.4 Å². The molecule has 0 aromatic carbocycles. The molecule has 0 aromatic rings. The molecule has 7 heteroatoms. The van der Waals surface area contributed by atoms with E-state index in [-0.39, 0.29) is 18.4 Å². The Labute approximate surface area is 118 Å². The molecular weight excluding hydrogens is 268 g/mol. The summed E-state index contributed by atoms with van der Waals surface area (Å²) in [6.45, 7) is 5.39. The maximum Gasteiger partial charge on any atom is 0.325 e. The third-order valence-corrected chi connectivity index (χ3v) is 3.04. The molecule has 110 valence electrons. The normalized spacial score (nSPS) is 11.5. The number of ether oxygens (including phenoxy) is 1. The molecule has 0 rings (SSSR count).